The molecule has 1 N–H and O–H groups in total. The van der Waals surface area contributed by atoms with Gasteiger partial charge in [0, 0.05) is 31.5 Å². The van der Waals surface area contributed by atoms with Gasteiger partial charge in [0.25, 0.3) is 0 Å². The maximum atomic E-state index is 11.6. The van der Waals surface area contributed by atoms with Crippen molar-refractivity contribution in [3.63, 3.8) is 0 Å². The van der Waals surface area contributed by atoms with Crippen LogP contribution in [0.1, 0.15) is 6.92 Å². The summed E-state index contributed by atoms with van der Waals surface area (Å²) in [6.45, 7) is 2.73. The highest BCUT2D eigenvalue weighted by Crippen LogP contribution is 2.32. The lowest BCUT2D eigenvalue weighted by atomic mass is 10.1. The lowest BCUT2D eigenvalue weighted by Crippen LogP contribution is -2.32. The molecule has 0 aliphatic rings. The van der Waals surface area contributed by atoms with Crippen LogP contribution < -0.4 is 10.2 Å². The predicted octanol–water partition coefficient (Wildman–Crippen LogP) is 4.08. The van der Waals surface area contributed by atoms with Crippen molar-refractivity contribution in [3.05, 3.63) is 70.9 Å². The molecule has 1 atom stereocenters. The number of benzene rings is 2. The minimum Gasteiger partial charge on any atom is -0.375 e. The van der Waals surface area contributed by atoms with Crippen LogP contribution in [0.4, 0.5) is 17.1 Å². The first-order valence-corrected chi connectivity index (χ1v) is 8.11. The Hall–Kier alpha value is -3.15. The number of pyridine rings is 1. The van der Waals surface area contributed by atoms with Crippen molar-refractivity contribution >= 4 is 28.0 Å². The SMILES string of the molecule is C[C@@H](CN(C)c1ccccc1)Nc1ccc2ncccc2c1[N+](=O)[O-]. The number of hydrogen-bond acceptors (Lipinski definition) is 5. The highest BCUT2D eigenvalue weighted by Gasteiger charge is 2.20. The second-order valence-electron chi connectivity index (χ2n) is 6.05. The van der Waals surface area contributed by atoms with Crippen LogP contribution in [0.25, 0.3) is 10.9 Å². The third kappa shape index (κ3) is 3.68. The van der Waals surface area contributed by atoms with Gasteiger partial charge in [-0.1, -0.05) is 18.2 Å². The number of aromatic nitrogens is 1. The molecule has 6 nitrogen and oxygen atoms in total. The van der Waals surface area contributed by atoms with Gasteiger partial charge in [0.15, 0.2) is 0 Å². The van der Waals surface area contributed by atoms with Gasteiger partial charge in [0.2, 0.25) is 0 Å². The number of hydrogen-bond donors (Lipinski definition) is 1. The summed E-state index contributed by atoms with van der Waals surface area (Å²) in [5.74, 6) is 0. The van der Waals surface area contributed by atoms with Crippen LogP contribution in [-0.2, 0) is 0 Å². The third-order valence-corrected chi connectivity index (χ3v) is 4.09. The third-order valence-electron chi connectivity index (χ3n) is 4.09. The van der Waals surface area contributed by atoms with Gasteiger partial charge in [-0.2, -0.15) is 0 Å². The van der Waals surface area contributed by atoms with Gasteiger partial charge in [-0.25, -0.2) is 0 Å². The highest BCUT2D eigenvalue weighted by atomic mass is 16.6. The summed E-state index contributed by atoms with van der Waals surface area (Å²) in [6.07, 6.45) is 1.64. The average molecular weight is 336 g/mol. The van der Waals surface area contributed by atoms with Crippen LogP contribution >= 0.6 is 0 Å². The van der Waals surface area contributed by atoms with Crippen molar-refractivity contribution in [2.24, 2.45) is 0 Å². The standard InChI is InChI=1S/C19H20N4O2/c1-14(13-22(2)15-7-4-3-5-8-15)21-18-11-10-17-16(9-6-12-20-17)19(18)23(24)25/h3-12,14,21H,13H2,1-2H3/t14-/m0/s1. The second kappa shape index (κ2) is 7.17. The van der Waals surface area contributed by atoms with Crippen molar-refractivity contribution < 1.29 is 4.92 Å². The largest absolute Gasteiger partial charge is 0.375 e. The molecule has 6 heteroatoms. The fraction of sp³-hybridized carbons (Fsp3) is 0.211. The Labute approximate surface area is 146 Å². The number of nitrogens with one attached hydrogen (secondary N) is 1. The Morgan fingerprint density at radius 2 is 1.92 bits per heavy atom. The molecule has 0 saturated heterocycles. The van der Waals surface area contributed by atoms with E-state index in [1.165, 1.54) is 0 Å². The van der Waals surface area contributed by atoms with Crippen LogP contribution in [0.15, 0.2) is 60.8 Å². The van der Waals surface area contributed by atoms with E-state index >= 15 is 0 Å². The quantitative estimate of drug-likeness (QED) is 0.542. The van der Waals surface area contributed by atoms with Crippen LogP contribution in [0, 0.1) is 10.1 Å². The predicted molar refractivity (Wildman–Crippen MR) is 101 cm³/mol. The zero-order chi connectivity index (χ0) is 17.8. The summed E-state index contributed by atoms with van der Waals surface area (Å²) in [4.78, 5) is 17.6. The van der Waals surface area contributed by atoms with Crippen molar-refractivity contribution in [1.29, 1.82) is 0 Å². The summed E-state index contributed by atoms with van der Waals surface area (Å²) in [7, 11) is 2.01. The number of para-hydroxylation sites is 1. The molecule has 2 aromatic carbocycles. The van der Waals surface area contributed by atoms with Crippen LogP contribution in [0.3, 0.4) is 0 Å². The molecule has 0 aliphatic carbocycles. The Bertz CT molecular complexity index is 883. The first kappa shape index (κ1) is 16.7. The fourth-order valence-corrected chi connectivity index (χ4v) is 2.96. The molecule has 0 unspecified atom stereocenters. The summed E-state index contributed by atoms with van der Waals surface area (Å²) in [5.41, 5.74) is 2.31. The van der Waals surface area contributed by atoms with Gasteiger partial charge in [-0.15, -0.1) is 0 Å². The van der Waals surface area contributed by atoms with E-state index in [1.54, 1.807) is 30.5 Å². The average Bonchev–Trinajstić information content (AvgIpc) is 2.61. The van der Waals surface area contributed by atoms with E-state index in [9.17, 15) is 10.1 Å². The zero-order valence-electron chi connectivity index (χ0n) is 14.2. The van der Waals surface area contributed by atoms with E-state index in [0.717, 1.165) is 5.69 Å². The molecule has 128 valence electrons. The summed E-state index contributed by atoms with van der Waals surface area (Å²) < 4.78 is 0. The number of anilines is 2. The molecule has 0 spiro atoms. The molecular formula is C19H20N4O2. The van der Waals surface area contributed by atoms with Crippen molar-refractivity contribution in [2.45, 2.75) is 13.0 Å². The molecule has 0 saturated carbocycles. The van der Waals surface area contributed by atoms with Gasteiger partial charge in [0.05, 0.1) is 15.8 Å². The van der Waals surface area contributed by atoms with Gasteiger partial charge in [-0.05, 0) is 43.3 Å². The van der Waals surface area contributed by atoms with Crippen LogP contribution in [0.5, 0.6) is 0 Å². The first-order chi connectivity index (χ1) is 12.1. The Kier molecular flexibility index (Phi) is 4.79. The topological polar surface area (TPSA) is 71.3 Å². The number of likely N-dealkylation sites (N-methyl/N-ethyl adjacent to an activating group) is 1. The summed E-state index contributed by atoms with van der Waals surface area (Å²) >= 11 is 0. The Balaban J connectivity index is 1.82. The maximum absolute atomic E-state index is 11.6. The molecule has 0 radical (unpaired) electrons. The van der Waals surface area contributed by atoms with E-state index < -0.39 is 0 Å². The van der Waals surface area contributed by atoms with Crippen molar-refractivity contribution in [2.75, 3.05) is 23.8 Å². The number of rotatable bonds is 6. The van der Waals surface area contributed by atoms with E-state index in [0.29, 0.717) is 23.1 Å². The Morgan fingerprint density at radius 1 is 1.16 bits per heavy atom. The molecule has 0 fully saturated rings. The number of nitro benzene ring substituents is 1. The van der Waals surface area contributed by atoms with Gasteiger partial charge in [-0.3, -0.25) is 15.1 Å². The van der Waals surface area contributed by atoms with Gasteiger partial charge < -0.3 is 10.2 Å². The molecule has 1 aromatic heterocycles. The van der Waals surface area contributed by atoms with Crippen molar-refractivity contribution in [1.82, 2.24) is 4.98 Å². The van der Waals surface area contributed by atoms with E-state index in [-0.39, 0.29) is 16.7 Å². The molecule has 3 rings (SSSR count). The minimum atomic E-state index is -0.347. The number of nitrogens with zero attached hydrogens (tertiary/aromatic N) is 3. The number of nitro groups is 1. The monoisotopic (exact) mass is 336 g/mol. The highest BCUT2D eigenvalue weighted by molar-refractivity contribution is 5.94. The molecular weight excluding hydrogens is 316 g/mol. The smallest absolute Gasteiger partial charge is 0.301 e. The first-order valence-electron chi connectivity index (χ1n) is 8.11. The van der Waals surface area contributed by atoms with Gasteiger partial charge >= 0.3 is 5.69 Å². The lowest BCUT2D eigenvalue weighted by Gasteiger charge is -2.24. The number of fused-ring (bicyclic) bond motifs is 1. The Morgan fingerprint density at radius 3 is 2.64 bits per heavy atom. The van der Waals surface area contributed by atoms with Gasteiger partial charge in [0.1, 0.15) is 5.69 Å². The van der Waals surface area contributed by atoms with E-state index in [4.69, 9.17) is 0 Å². The normalized spacial score (nSPS) is 11.9. The van der Waals surface area contributed by atoms with Crippen LogP contribution in [0.2, 0.25) is 0 Å². The molecule has 1 heterocycles. The molecule has 0 aliphatic heterocycles. The second-order valence-corrected chi connectivity index (χ2v) is 6.05. The summed E-state index contributed by atoms with van der Waals surface area (Å²) in [5, 5.41) is 15.4. The molecule has 25 heavy (non-hydrogen) atoms. The van der Waals surface area contributed by atoms with Crippen molar-refractivity contribution in [3.8, 4) is 0 Å². The lowest BCUT2D eigenvalue weighted by molar-refractivity contribution is -0.382. The zero-order valence-corrected chi connectivity index (χ0v) is 14.2. The van der Waals surface area contributed by atoms with E-state index in [1.807, 2.05) is 44.3 Å². The maximum Gasteiger partial charge on any atom is 0.301 e. The van der Waals surface area contributed by atoms with E-state index in [2.05, 4.69) is 15.2 Å². The fourth-order valence-electron chi connectivity index (χ4n) is 2.96. The molecule has 0 bridgehead atoms. The summed E-state index contributed by atoms with van der Waals surface area (Å²) in [6, 6.07) is 17.0. The van der Waals surface area contributed by atoms with Crippen LogP contribution in [-0.4, -0.2) is 29.5 Å². The minimum absolute atomic E-state index is 0.0260. The molecule has 3 aromatic rings. The molecule has 0 amide bonds.